The third-order valence-corrected chi connectivity index (χ3v) is 1.71. The Labute approximate surface area is 69.6 Å². The van der Waals surface area contributed by atoms with Crippen LogP contribution in [0, 0.1) is 0 Å². The van der Waals surface area contributed by atoms with Crippen molar-refractivity contribution in [2.24, 2.45) is 0 Å². The molecule has 5 nitrogen and oxygen atoms in total. The van der Waals surface area contributed by atoms with Crippen molar-refractivity contribution in [2.45, 2.75) is 25.2 Å². The van der Waals surface area contributed by atoms with Crippen LogP contribution >= 0.6 is 0 Å². The second-order valence-electron chi connectivity index (χ2n) is 2.49. The van der Waals surface area contributed by atoms with E-state index in [1.807, 2.05) is 0 Å². The highest BCUT2D eigenvalue weighted by Crippen LogP contribution is 2.18. The van der Waals surface area contributed by atoms with Gasteiger partial charge in [-0.25, -0.2) is 4.79 Å². The van der Waals surface area contributed by atoms with Gasteiger partial charge in [0.15, 0.2) is 18.5 Å². The summed E-state index contributed by atoms with van der Waals surface area (Å²) in [6.07, 6.45) is -1.97. The minimum Gasteiger partial charge on any atom is -0.427 e. The summed E-state index contributed by atoms with van der Waals surface area (Å²) in [7, 11) is 1.37. The zero-order valence-corrected chi connectivity index (χ0v) is 6.85. The topological polar surface area (TPSA) is 61.8 Å². The minimum atomic E-state index is -0.753. The van der Waals surface area contributed by atoms with Crippen LogP contribution in [0.5, 0.6) is 0 Å². The van der Waals surface area contributed by atoms with Gasteiger partial charge in [0.25, 0.3) is 0 Å². The lowest BCUT2D eigenvalue weighted by Gasteiger charge is -2.15. The molecule has 1 rings (SSSR count). The number of hydrogen-bond donors (Lipinski definition) is 0. The third-order valence-electron chi connectivity index (χ3n) is 1.71. The number of aldehydes is 1. The van der Waals surface area contributed by atoms with Crippen LogP contribution in [0.3, 0.4) is 0 Å². The molecule has 1 saturated heterocycles. The van der Waals surface area contributed by atoms with Crippen LogP contribution in [-0.2, 0) is 19.0 Å². The number of rotatable bonds is 3. The summed E-state index contributed by atoms with van der Waals surface area (Å²) in [5, 5.41) is 0. The van der Waals surface area contributed by atoms with E-state index in [4.69, 9.17) is 9.47 Å². The molecule has 1 heterocycles. The monoisotopic (exact) mass is 174 g/mol. The summed E-state index contributed by atoms with van der Waals surface area (Å²) >= 11 is 0. The lowest BCUT2D eigenvalue weighted by molar-refractivity contribution is -0.122. The molecule has 0 radical (unpaired) electrons. The van der Waals surface area contributed by atoms with Crippen molar-refractivity contribution in [1.82, 2.24) is 0 Å². The predicted molar refractivity (Wildman–Crippen MR) is 37.7 cm³/mol. The molecular weight excluding hydrogens is 164 g/mol. The summed E-state index contributed by atoms with van der Waals surface area (Å²) in [5.74, 6) is 0. The summed E-state index contributed by atoms with van der Waals surface area (Å²) < 4.78 is 14.1. The highest BCUT2D eigenvalue weighted by molar-refractivity contribution is 5.65. The van der Waals surface area contributed by atoms with Crippen LogP contribution in [0.2, 0.25) is 0 Å². The highest BCUT2D eigenvalue weighted by atomic mass is 16.8. The molecule has 0 saturated carbocycles. The summed E-state index contributed by atoms with van der Waals surface area (Å²) in [5.41, 5.74) is 0. The van der Waals surface area contributed by atoms with E-state index in [1.54, 1.807) is 6.92 Å². The van der Waals surface area contributed by atoms with Gasteiger partial charge in [-0.15, -0.1) is 0 Å². The number of hydrogen-bond acceptors (Lipinski definition) is 5. The molecule has 3 atom stereocenters. The zero-order chi connectivity index (χ0) is 9.14. The van der Waals surface area contributed by atoms with E-state index in [9.17, 15) is 9.59 Å². The van der Waals surface area contributed by atoms with E-state index >= 15 is 0 Å². The third kappa shape index (κ3) is 1.55. The number of carbonyl (C=O) groups is 2. The first-order valence-electron chi connectivity index (χ1n) is 3.54. The van der Waals surface area contributed by atoms with Crippen LogP contribution in [-0.4, -0.2) is 37.9 Å². The highest BCUT2D eigenvalue weighted by Gasteiger charge is 2.39. The molecule has 0 aromatic carbocycles. The Bertz CT molecular complexity index is 190. The quantitative estimate of drug-likeness (QED) is 0.449. The lowest BCUT2D eigenvalue weighted by atomic mass is 10.1. The summed E-state index contributed by atoms with van der Waals surface area (Å²) in [6, 6.07) is 0. The first-order chi connectivity index (χ1) is 5.69. The fourth-order valence-corrected chi connectivity index (χ4v) is 1.05. The maximum atomic E-state index is 10.6. The Kier molecular flexibility index (Phi) is 2.65. The van der Waals surface area contributed by atoms with Gasteiger partial charge in [0.2, 0.25) is 0 Å². The van der Waals surface area contributed by atoms with Crippen molar-refractivity contribution in [3.8, 4) is 0 Å². The standard InChI is InChI=1S/C7H10O5/c1-4-6(5(3-8)10-2)12-7(9)11-4/h3-6H,1-2H3. The van der Waals surface area contributed by atoms with Gasteiger partial charge in [0.05, 0.1) is 0 Å². The lowest BCUT2D eigenvalue weighted by Crippen LogP contribution is -2.36. The van der Waals surface area contributed by atoms with Gasteiger partial charge in [-0.1, -0.05) is 0 Å². The van der Waals surface area contributed by atoms with Crippen LogP contribution in [0.15, 0.2) is 0 Å². The van der Waals surface area contributed by atoms with E-state index in [-0.39, 0.29) is 0 Å². The van der Waals surface area contributed by atoms with Gasteiger partial charge in [-0.05, 0) is 6.92 Å². The van der Waals surface area contributed by atoms with E-state index in [1.165, 1.54) is 7.11 Å². The Morgan fingerprint density at radius 3 is 2.58 bits per heavy atom. The average molecular weight is 174 g/mol. The predicted octanol–water partition coefficient (Wildman–Crippen LogP) is 0.124. The van der Waals surface area contributed by atoms with Crippen LogP contribution in [0.4, 0.5) is 4.79 Å². The fourth-order valence-electron chi connectivity index (χ4n) is 1.05. The number of carbonyl (C=O) groups excluding carboxylic acids is 2. The van der Waals surface area contributed by atoms with E-state index in [0.29, 0.717) is 6.29 Å². The zero-order valence-electron chi connectivity index (χ0n) is 6.85. The van der Waals surface area contributed by atoms with Gasteiger partial charge >= 0.3 is 6.16 Å². The van der Waals surface area contributed by atoms with Crippen LogP contribution in [0.25, 0.3) is 0 Å². The molecule has 3 unspecified atom stereocenters. The molecule has 0 N–H and O–H groups in total. The fraction of sp³-hybridized carbons (Fsp3) is 0.714. The van der Waals surface area contributed by atoms with Crippen molar-refractivity contribution in [2.75, 3.05) is 7.11 Å². The minimum absolute atomic E-state index is 0.437. The molecular formula is C7H10O5. The van der Waals surface area contributed by atoms with E-state index in [2.05, 4.69) is 4.74 Å². The Morgan fingerprint density at radius 2 is 2.25 bits per heavy atom. The SMILES string of the molecule is COC(C=O)C1OC(=O)OC1C. The number of methoxy groups -OCH3 is 1. The van der Waals surface area contributed by atoms with Crippen molar-refractivity contribution in [3.05, 3.63) is 0 Å². The average Bonchev–Trinajstić information content (AvgIpc) is 2.34. The van der Waals surface area contributed by atoms with Gasteiger partial charge in [-0.2, -0.15) is 0 Å². The molecule has 0 spiro atoms. The van der Waals surface area contributed by atoms with Crippen molar-refractivity contribution >= 4 is 12.4 Å². The maximum absolute atomic E-state index is 10.6. The molecule has 0 aromatic rings. The summed E-state index contributed by atoms with van der Waals surface area (Å²) in [4.78, 5) is 21.0. The second-order valence-corrected chi connectivity index (χ2v) is 2.49. The van der Waals surface area contributed by atoms with Crippen LogP contribution < -0.4 is 0 Å². The molecule has 0 aromatic heterocycles. The first-order valence-corrected chi connectivity index (χ1v) is 3.54. The maximum Gasteiger partial charge on any atom is 0.509 e. The van der Waals surface area contributed by atoms with Crippen molar-refractivity contribution in [1.29, 1.82) is 0 Å². The summed E-state index contributed by atoms with van der Waals surface area (Å²) in [6.45, 7) is 1.64. The van der Waals surface area contributed by atoms with Gasteiger partial charge in [0, 0.05) is 7.11 Å². The molecule has 5 heteroatoms. The van der Waals surface area contributed by atoms with Crippen molar-refractivity contribution < 1.29 is 23.8 Å². The van der Waals surface area contributed by atoms with Crippen LogP contribution in [0.1, 0.15) is 6.92 Å². The Hall–Kier alpha value is -1.10. The molecule has 0 aliphatic carbocycles. The largest absolute Gasteiger partial charge is 0.509 e. The molecule has 1 fully saturated rings. The second kappa shape index (κ2) is 3.53. The molecule has 1 aliphatic rings. The molecule has 0 bridgehead atoms. The first kappa shape index (κ1) is 8.99. The Morgan fingerprint density at radius 1 is 1.58 bits per heavy atom. The van der Waals surface area contributed by atoms with Gasteiger partial charge in [-0.3, -0.25) is 0 Å². The van der Waals surface area contributed by atoms with Crippen molar-refractivity contribution in [3.63, 3.8) is 0 Å². The van der Waals surface area contributed by atoms with E-state index in [0.717, 1.165) is 0 Å². The smallest absolute Gasteiger partial charge is 0.427 e. The normalized spacial score (nSPS) is 30.7. The number of cyclic esters (lactones) is 2. The number of ether oxygens (including phenoxy) is 3. The van der Waals surface area contributed by atoms with Gasteiger partial charge in [0.1, 0.15) is 6.10 Å². The molecule has 1 aliphatic heterocycles. The molecule has 68 valence electrons. The van der Waals surface area contributed by atoms with Gasteiger partial charge < -0.3 is 19.0 Å². The Balaban J connectivity index is 2.61. The van der Waals surface area contributed by atoms with E-state index < -0.39 is 24.5 Å². The molecule has 12 heavy (non-hydrogen) atoms. The molecule has 0 amide bonds.